The molecule has 1 aromatic heterocycles. The third kappa shape index (κ3) is 3.64. The normalized spacial score (nSPS) is 14.6. The van der Waals surface area contributed by atoms with Crippen LogP contribution in [0.5, 0.6) is 0 Å². The van der Waals surface area contributed by atoms with Gasteiger partial charge in [0, 0.05) is 44.6 Å². The molecule has 1 aliphatic heterocycles. The first-order chi connectivity index (χ1) is 12.4. The molecule has 2 aromatic rings. The van der Waals surface area contributed by atoms with Gasteiger partial charge >= 0.3 is 0 Å². The molecule has 1 aliphatic rings. The van der Waals surface area contributed by atoms with Crippen LogP contribution in [0.4, 0.5) is 4.39 Å². The van der Waals surface area contributed by atoms with Crippen molar-refractivity contribution in [1.29, 1.82) is 0 Å². The Balaban J connectivity index is 1.58. The van der Waals surface area contributed by atoms with E-state index in [1.54, 1.807) is 17.0 Å². The van der Waals surface area contributed by atoms with E-state index in [9.17, 15) is 14.0 Å². The van der Waals surface area contributed by atoms with Crippen molar-refractivity contribution in [1.82, 2.24) is 14.4 Å². The van der Waals surface area contributed by atoms with Crippen molar-refractivity contribution in [3.05, 3.63) is 58.7 Å². The first-order valence-corrected chi connectivity index (χ1v) is 8.81. The number of aromatic nitrogens is 1. The van der Waals surface area contributed by atoms with Crippen LogP contribution in [-0.2, 0) is 18.3 Å². The predicted octanol–water partition coefficient (Wildman–Crippen LogP) is 2.31. The number of benzene rings is 1. The minimum Gasteiger partial charge on any atom is -0.351 e. The summed E-state index contributed by atoms with van der Waals surface area (Å²) < 4.78 is 15.0. The van der Waals surface area contributed by atoms with E-state index in [-0.39, 0.29) is 24.1 Å². The van der Waals surface area contributed by atoms with Crippen molar-refractivity contribution in [3.63, 3.8) is 0 Å². The summed E-state index contributed by atoms with van der Waals surface area (Å²) in [6, 6.07) is 7.91. The van der Waals surface area contributed by atoms with E-state index in [2.05, 4.69) is 0 Å². The lowest BCUT2D eigenvalue weighted by Gasteiger charge is -2.35. The quantitative estimate of drug-likeness (QED) is 0.846. The van der Waals surface area contributed by atoms with Gasteiger partial charge in [-0.3, -0.25) is 9.59 Å². The molecule has 0 unspecified atom stereocenters. The standard InChI is InChI=1S/C20H24FN3O2/c1-14-12-18(15(2)22(14)3)20(26)24-10-8-23(9-11-24)19(25)13-16-4-6-17(21)7-5-16/h4-7,12H,8-11,13H2,1-3H3. The van der Waals surface area contributed by atoms with E-state index in [1.165, 1.54) is 12.1 Å². The second kappa shape index (κ2) is 7.32. The molecule has 138 valence electrons. The lowest BCUT2D eigenvalue weighted by atomic mass is 10.1. The zero-order valence-corrected chi connectivity index (χ0v) is 15.5. The maximum Gasteiger partial charge on any atom is 0.255 e. The van der Waals surface area contributed by atoms with Gasteiger partial charge in [0.25, 0.3) is 5.91 Å². The molecule has 0 aliphatic carbocycles. The van der Waals surface area contributed by atoms with Crippen molar-refractivity contribution in [2.75, 3.05) is 26.2 Å². The third-order valence-corrected chi connectivity index (χ3v) is 5.19. The molecule has 1 saturated heterocycles. The van der Waals surface area contributed by atoms with Gasteiger partial charge in [-0.1, -0.05) is 12.1 Å². The van der Waals surface area contributed by atoms with Crippen LogP contribution in [-0.4, -0.2) is 52.4 Å². The number of halogens is 1. The van der Waals surface area contributed by atoms with E-state index in [0.717, 1.165) is 22.5 Å². The van der Waals surface area contributed by atoms with Crippen LogP contribution >= 0.6 is 0 Å². The van der Waals surface area contributed by atoms with Crippen molar-refractivity contribution < 1.29 is 14.0 Å². The Morgan fingerprint density at radius 2 is 1.58 bits per heavy atom. The topological polar surface area (TPSA) is 45.6 Å². The van der Waals surface area contributed by atoms with Gasteiger partial charge < -0.3 is 14.4 Å². The maximum atomic E-state index is 13.0. The van der Waals surface area contributed by atoms with Crippen LogP contribution in [0, 0.1) is 19.7 Å². The zero-order chi connectivity index (χ0) is 18.8. The summed E-state index contributed by atoms with van der Waals surface area (Å²) in [5.41, 5.74) is 3.54. The lowest BCUT2D eigenvalue weighted by molar-refractivity contribution is -0.131. The molecule has 2 heterocycles. The molecule has 0 bridgehead atoms. The van der Waals surface area contributed by atoms with Crippen molar-refractivity contribution >= 4 is 11.8 Å². The summed E-state index contributed by atoms with van der Waals surface area (Å²) in [7, 11) is 1.95. The van der Waals surface area contributed by atoms with Gasteiger partial charge in [-0.15, -0.1) is 0 Å². The molecule has 6 heteroatoms. The molecule has 0 saturated carbocycles. The van der Waals surface area contributed by atoms with Gasteiger partial charge in [-0.25, -0.2) is 4.39 Å². The monoisotopic (exact) mass is 357 g/mol. The van der Waals surface area contributed by atoms with E-state index in [1.807, 2.05) is 36.4 Å². The van der Waals surface area contributed by atoms with Gasteiger partial charge in [-0.2, -0.15) is 0 Å². The van der Waals surface area contributed by atoms with Crippen molar-refractivity contribution in [2.45, 2.75) is 20.3 Å². The molecule has 1 fully saturated rings. The summed E-state index contributed by atoms with van der Waals surface area (Å²) in [6.07, 6.45) is 0.255. The van der Waals surface area contributed by atoms with Crippen LogP contribution in [0.3, 0.4) is 0 Å². The van der Waals surface area contributed by atoms with E-state index in [0.29, 0.717) is 26.2 Å². The Bertz CT molecular complexity index is 818. The molecular formula is C20H24FN3O2. The summed E-state index contributed by atoms with van der Waals surface area (Å²) in [5, 5.41) is 0. The van der Waals surface area contributed by atoms with E-state index >= 15 is 0 Å². The Labute approximate surface area is 153 Å². The maximum absolute atomic E-state index is 13.0. The summed E-state index contributed by atoms with van der Waals surface area (Å²) in [4.78, 5) is 28.8. The average molecular weight is 357 g/mol. The SMILES string of the molecule is Cc1cc(C(=O)N2CCN(C(=O)Cc3ccc(F)cc3)CC2)c(C)n1C. The Morgan fingerprint density at radius 1 is 1.00 bits per heavy atom. The fourth-order valence-electron chi connectivity index (χ4n) is 3.29. The van der Waals surface area contributed by atoms with Gasteiger partial charge in [0.05, 0.1) is 12.0 Å². The second-order valence-corrected chi connectivity index (χ2v) is 6.82. The van der Waals surface area contributed by atoms with Crippen LogP contribution in [0.15, 0.2) is 30.3 Å². The van der Waals surface area contributed by atoms with Crippen LogP contribution in [0.25, 0.3) is 0 Å². The molecule has 26 heavy (non-hydrogen) atoms. The number of hydrogen-bond donors (Lipinski definition) is 0. The molecule has 2 amide bonds. The number of carbonyl (C=O) groups excluding carboxylic acids is 2. The lowest BCUT2D eigenvalue weighted by Crippen LogP contribution is -2.51. The van der Waals surface area contributed by atoms with E-state index < -0.39 is 0 Å². The number of nitrogens with zero attached hydrogens (tertiary/aromatic N) is 3. The third-order valence-electron chi connectivity index (χ3n) is 5.19. The van der Waals surface area contributed by atoms with Crippen molar-refractivity contribution in [3.8, 4) is 0 Å². The number of carbonyl (C=O) groups is 2. The Kier molecular flexibility index (Phi) is 5.11. The summed E-state index contributed by atoms with van der Waals surface area (Å²) in [6.45, 7) is 6.04. The molecule has 3 rings (SSSR count). The van der Waals surface area contributed by atoms with Gasteiger partial charge in [0.1, 0.15) is 5.82 Å². The second-order valence-electron chi connectivity index (χ2n) is 6.82. The Hall–Kier alpha value is -2.63. The summed E-state index contributed by atoms with van der Waals surface area (Å²) in [5.74, 6) is -0.271. The highest BCUT2D eigenvalue weighted by molar-refractivity contribution is 5.96. The smallest absolute Gasteiger partial charge is 0.255 e. The molecule has 0 N–H and O–H groups in total. The summed E-state index contributed by atoms with van der Waals surface area (Å²) >= 11 is 0. The molecule has 0 atom stereocenters. The van der Waals surface area contributed by atoms with Crippen LogP contribution in [0.2, 0.25) is 0 Å². The van der Waals surface area contributed by atoms with Gasteiger partial charge in [0.2, 0.25) is 5.91 Å². The van der Waals surface area contributed by atoms with Crippen LogP contribution < -0.4 is 0 Å². The molecule has 1 aromatic carbocycles. The average Bonchev–Trinajstić information content (AvgIpc) is 2.90. The molecular weight excluding hydrogens is 333 g/mol. The fraction of sp³-hybridized carbons (Fsp3) is 0.400. The largest absolute Gasteiger partial charge is 0.351 e. The molecule has 0 spiro atoms. The highest BCUT2D eigenvalue weighted by Gasteiger charge is 2.26. The zero-order valence-electron chi connectivity index (χ0n) is 15.5. The number of piperazine rings is 1. The number of amides is 2. The fourth-order valence-corrected chi connectivity index (χ4v) is 3.29. The molecule has 5 nitrogen and oxygen atoms in total. The Morgan fingerprint density at radius 3 is 2.12 bits per heavy atom. The minimum atomic E-state index is -0.306. The van der Waals surface area contributed by atoms with Crippen LogP contribution in [0.1, 0.15) is 27.3 Å². The number of aryl methyl sites for hydroxylation is 1. The van der Waals surface area contributed by atoms with Gasteiger partial charge in [-0.05, 0) is 37.6 Å². The molecule has 0 radical (unpaired) electrons. The highest BCUT2D eigenvalue weighted by atomic mass is 19.1. The first kappa shape index (κ1) is 18.2. The van der Waals surface area contributed by atoms with Crippen molar-refractivity contribution in [2.24, 2.45) is 7.05 Å². The minimum absolute atomic E-state index is 0.00967. The number of hydrogen-bond acceptors (Lipinski definition) is 2. The predicted molar refractivity (Wildman–Crippen MR) is 97.5 cm³/mol. The van der Waals surface area contributed by atoms with Gasteiger partial charge in [0.15, 0.2) is 0 Å². The first-order valence-electron chi connectivity index (χ1n) is 8.81. The van der Waals surface area contributed by atoms with E-state index in [4.69, 9.17) is 0 Å². The highest BCUT2D eigenvalue weighted by Crippen LogP contribution is 2.17. The number of rotatable bonds is 3.